The standard InChI is InChI=1S/C21H23N3O3/c1-2-18-12-13-25-21(27-18,14-24-16-22-15-23-24)17-8-10-20(11-9-17)26-19-6-4-3-5-7-19/h3-11,15-16,18H,2,12-14H2,1H3. The minimum atomic E-state index is -0.877. The molecule has 2 atom stereocenters. The zero-order valence-corrected chi connectivity index (χ0v) is 15.3. The number of benzene rings is 2. The Morgan fingerprint density at radius 1 is 1.11 bits per heavy atom. The van der Waals surface area contributed by atoms with E-state index in [2.05, 4.69) is 17.0 Å². The van der Waals surface area contributed by atoms with Crippen molar-refractivity contribution in [2.45, 2.75) is 38.2 Å². The van der Waals surface area contributed by atoms with E-state index in [4.69, 9.17) is 14.2 Å². The van der Waals surface area contributed by atoms with Gasteiger partial charge in [0.05, 0.1) is 12.7 Å². The van der Waals surface area contributed by atoms with E-state index in [1.165, 1.54) is 6.33 Å². The van der Waals surface area contributed by atoms with E-state index in [-0.39, 0.29) is 6.10 Å². The molecule has 6 heteroatoms. The van der Waals surface area contributed by atoms with Gasteiger partial charge in [0.2, 0.25) is 5.79 Å². The van der Waals surface area contributed by atoms with Crippen LogP contribution in [0.15, 0.2) is 67.3 Å². The summed E-state index contributed by atoms with van der Waals surface area (Å²) in [7, 11) is 0. The van der Waals surface area contributed by atoms with Crippen molar-refractivity contribution in [1.29, 1.82) is 0 Å². The Hall–Kier alpha value is -2.70. The van der Waals surface area contributed by atoms with Crippen molar-refractivity contribution in [3.8, 4) is 11.5 Å². The highest BCUT2D eigenvalue weighted by molar-refractivity contribution is 5.34. The maximum absolute atomic E-state index is 6.39. The van der Waals surface area contributed by atoms with Crippen molar-refractivity contribution in [1.82, 2.24) is 14.8 Å². The third-order valence-corrected chi connectivity index (χ3v) is 4.70. The zero-order valence-electron chi connectivity index (χ0n) is 15.3. The Balaban J connectivity index is 1.59. The average molecular weight is 365 g/mol. The van der Waals surface area contributed by atoms with Gasteiger partial charge in [-0.15, -0.1) is 0 Å². The Kier molecular flexibility index (Phi) is 5.18. The lowest BCUT2D eigenvalue weighted by atomic mass is 10.0. The molecule has 6 nitrogen and oxygen atoms in total. The van der Waals surface area contributed by atoms with Gasteiger partial charge in [-0.1, -0.05) is 25.1 Å². The summed E-state index contributed by atoms with van der Waals surface area (Å²) in [5.41, 5.74) is 0.941. The number of hydrogen-bond acceptors (Lipinski definition) is 5. The smallest absolute Gasteiger partial charge is 0.215 e. The molecule has 27 heavy (non-hydrogen) atoms. The fraction of sp³-hybridized carbons (Fsp3) is 0.333. The molecule has 0 saturated carbocycles. The highest BCUT2D eigenvalue weighted by atomic mass is 16.7. The summed E-state index contributed by atoms with van der Waals surface area (Å²) >= 11 is 0. The molecule has 0 N–H and O–H groups in total. The van der Waals surface area contributed by atoms with E-state index in [1.54, 1.807) is 11.0 Å². The highest BCUT2D eigenvalue weighted by Crippen LogP contribution is 2.37. The van der Waals surface area contributed by atoms with Gasteiger partial charge in [0, 0.05) is 5.56 Å². The van der Waals surface area contributed by atoms with Crippen LogP contribution in [-0.2, 0) is 21.8 Å². The first-order valence-corrected chi connectivity index (χ1v) is 9.25. The molecule has 4 rings (SSSR count). The van der Waals surface area contributed by atoms with Crippen LogP contribution < -0.4 is 4.74 Å². The molecule has 0 bridgehead atoms. The van der Waals surface area contributed by atoms with Gasteiger partial charge in [0.1, 0.15) is 30.7 Å². The summed E-state index contributed by atoms with van der Waals surface area (Å²) in [5.74, 6) is 0.695. The summed E-state index contributed by atoms with van der Waals surface area (Å²) in [6.07, 6.45) is 5.19. The molecule has 2 aromatic carbocycles. The molecule has 2 unspecified atom stereocenters. The topological polar surface area (TPSA) is 58.4 Å². The van der Waals surface area contributed by atoms with Crippen LogP contribution in [0.25, 0.3) is 0 Å². The molecule has 0 radical (unpaired) electrons. The zero-order chi connectivity index (χ0) is 18.5. The van der Waals surface area contributed by atoms with Gasteiger partial charge in [-0.2, -0.15) is 5.10 Å². The van der Waals surface area contributed by atoms with Gasteiger partial charge >= 0.3 is 0 Å². The second kappa shape index (κ2) is 7.90. The molecule has 140 valence electrons. The SMILES string of the molecule is CCC1CCOC(Cn2cncn2)(c2ccc(Oc3ccccc3)cc2)O1. The molecule has 3 aromatic rings. The van der Waals surface area contributed by atoms with Gasteiger partial charge in [0.25, 0.3) is 0 Å². The maximum Gasteiger partial charge on any atom is 0.215 e. The van der Waals surface area contributed by atoms with Crippen molar-refractivity contribution in [2.24, 2.45) is 0 Å². The lowest BCUT2D eigenvalue weighted by Crippen LogP contribution is -2.45. The van der Waals surface area contributed by atoms with Crippen molar-refractivity contribution in [3.63, 3.8) is 0 Å². The van der Waals surface area contributed by atoms with Crippen LogP contribution in [0, 0.1) is 0 Å². The maximum atomic E-state index is 6.39. The number of ether oxygens (including phenoxy) is 3. The Morgan fingerprint density at radius 3 is 2.59 bits per heavy atom. The normalized spacial score (nSPS) is 22.5. The largest absolute Gasteiger partial charge is 0.457 e. The molecular weight excluding hydrogens is 342 g/mol. The van der Waals surface area contributed by atoms with Gasteiger partial charge in [-0.25, -0.2) is 9.67 Å². The third kappa shape index (κ3) is 4.02. The van der Waals surface area contributed by atoms with E-state index in [1.807, 2.05) is 54.6 Å². The molecular formula is C21H23N3O3. The van der Waals surface area contributed by atoms with Gasteiger partial charge in [0.15, 0.2) is 0 Å². The van der Waals surface area contributed by atoms with Crippen molar-refractivity contribution >= 4 is 0 Å². The summed E-state index contributed by atoms with van der Waals surface area (Å²) in [6.45, 7) is 3.23. The molecule has 0 amide bonds. The fourth-order valence-electron chi connectivity index (χ4n) is 3.26. The Morgan fingerprint density at radius 2 is 1.89 bits per heavy atom. The first-order valence-electron chi connectivity index (χ1n) is 9.25. The van der Waals surface area contributed by atoms with E-state index < -0.39 is 5.79 Å². The van der Waals surface area contributed by atoms with Crippen molar-refractivity contribution in [2.75, 3.05) is 6.61 Å². The van der Waals surface area contributed by atoms with Crippen LogP contribution in [0.4, 0.5) is 0 Å². The number of hydrogen-bond donors (Lipinski definition) is 0. The molecule has 1 aromatic heterocycles. The second-order valence-electron chi connectivity index (χ2n) is 6.57. The van der Waals surface area contributed by atoms with E-state index >= 15 is 0 Å². The summed E-state index contributed by atoms with van der Waals surface area (Å²) in [6, 6.07) is 17.6. The van der Waals surface area contributed by atoms with Crippen molar-refractivity contribution < 1.29 is 14.2 Å². The van der Waals surface area contributed by atoms with E-state index in [0.717, 1.165) is 29.9 Å². The molecule has 1 aliphatic heterocycles. The van der Waals surface area contributed by atoms with Crippen LogP contribution in [0.1, 0.15) is 25.3 Å². The Bertz CT molecular complexity index is 837. The molecule has 0 spiro atoms. The van der Waals surface area contributed by atoms with Crippen LogP contribution >= 0.6 is 0 Å². The Labute approximate surface area is 158 Å². The minimum absolute atomic E-state index is 0.155. The third-order valence-electron chi connectivity index (χ3n) is 4.70. The predicted octanol–water partition coefficient (Wildman–Crippen LogP) is 4.14. The van der Waals surface area contributed by atoms with Crippen LogP contribution in [0.5, 0.6) is 11.5 Å². The predicted molar refractivity (Wildman–Crippen MR) is 100 cm³/mol. The minimum Gasteiger partial charge on any atom is -0.457 e. The first kappa shape index (κ1) is 17.7. The summed E-state index contributed by atoms with van der Waals surface area (Å²) < 4.78 is 20.2. The number of nitrogens with zero attached hydrogens (tertiary/aromatic N) is 3. The molecule has 1 aliphatic rings. The van der Waals surface area contributed by atoms with Gasteiger partial charge < -0.3 is 14.2 Å². The first-order chi connectivity index (χ1) is 13.3. The number of aromatic nitrogens is 3. The van der Waals surface area contributed by atoms with E-state index in [0.29, 0.717) is 13.2 Å². The summed E-state index contributed by atoms with van der Waals surface area (Å²) in [5, 5.41) is 4.23. The lowest BCUT2D eigenvalue weighted by Gasteiger charge is -2.41. The van der Waals surface area contributed by atoms with E-state index in [9.17, 15) is 0 Å². The molecule has 0 aliphatic carbocycles. The van der Waals surface area contributed by atoms with Crippen LogP contribution in [-0.4, -0.2) is 27.5 Å². The van der Waals surface area contributed by atoms with Crippen LogP contribution in [0.2, 0.25) is 0 Å². The lowest BCUT2D eigenvalue weighted by molar-refractivity contribution is -0.310. The second-order valence-corrected chi connectivity index (χ2v) is 6.57. The number of rotatable bonds is 6. The molecule has 1 saturated heterocycles. The molecule has 1 fully saturated rings. The monoisotopic (exact) mass is 365 g/mol. The molecule has 2 heterocycles. The number of para-hydroxylation sites is 1. The highest BCUT2D eigenvalue weighted by Gasteiger charge is 2.41. The van der Waals surface area contributed by atoms with Crippen molar-refractivity contribution in [3.05, 3.63) is 72.8 Å². The quantitative estimate of drug-likeness (QED) is 0.657. The summed E-state index contributed by atoms with van der Waals surface area (Å²) in [4.78, 5) is 4.03. The van der Waals surface area contributed by atoms with Crippen LogP contribution in [0.3, 0.4) is 0 Å². The average Bonchev–Trinajstić information content (AvgIpc) is 3.22. The van der Waals surface area contributed by atoms with Gasteiger partial charge in [-0.3, -0.25) is 0 Å². The van der Waals surface area contributed by atoms with Gasteiger partial charge in [-0.05, 0) is 49.2 Å². The fourth-order valence-corrected chi connectivity index (χ4v) is 3.26.